The van der Waals surface area contributed by atoms with Gasteiger partial charge in [0.2, 0.25) is 21.8 Å². The number of aryl methyl sites for hydroxylation is 1. The summed E-state index contributed by atoms with van der Waals surface area (Å²) >= 11 is 0. The molecular formula is C25H35N3O4S. The lowest BCUT2D eigenvalue weighted by atomic mass is 10.1. The third kappa shape index (κ3) is 7.68. The number of carbonyl (C=O) groups is 2. The Morgan fingerprint density at radius 3 is 2.12 bits per heavy atom. The van der Waals surface area contributed by atoms with Crippen LogP contribution >= 0.6 is 0 Å². The van der Waals surface area contributed by atoms with Gasteiger partial charge < -0.3 is 10.2 Å². The van der Waals surface area contributed by atoms with Gasteiger partial charge in [-0.3, -0.25) is 9.59 Å². The molecule has 0 aliphatic rings. The van der Waals surface area contributed by atoms with E-state index in [1.165, 1.54) is 24.1 Å². The zero-order valence-corrected chi connectivity index (χ0v) is 21.1. The molecule has 0 aliphatic carbocycles. The average molecular weight is 474 g/mol. The maximum absolute atomic E-state index is 13.3. The molecule has 2 amide bonds. The van der Waals surface area contributed by atoms with E-state index in [1.54, 1.807) is 19.1 Å². The van der Waals surface area contributed by atoms with Gasteiger partial charge in [0.1, 0.15) is 6.04 Å². The van der Waals surface area contributed by atoms with Crippen LogP contribution in [0.3, 0.4) is 0 Å². The van der Waals surface area contributed by atoms with Crippen LogP contribution in [0.5, 0.6) is 0 Å². The second-order valence-electron chi connectivity index (χ2n) is 9.31. The molecule has 2 aromatic carbocycles. The van der Waals surface area contributed by atoms with Crippen molar-refractivity contribution in [2.45, 2.75) is 57.5 Å². The molecule has 0 heterocycles. The standard InChI is InChI=1S/C25H35N3O4S/c1-19-12-14-22(15-13-19)33(31,32)27(6)18-23(29)28(17-16-21-10-8-7-9-11-21)20(2)24(30)26-25(3,4)5/h7-15,20H,16-18H2,1-6H3,(H,26,30)/t20-/m1/s1. The maximum Gasteiger partial charge on any atom is 0.243 e. The third-order valence-electron chi connectivity index (χ3n) is 5.24. The Morgan fingerprint density at radius 1 is 1.00 bits per heavy atom. The van der Waals surface area contributed by atoms with Crippen LogP contribution in [0.1, 0.15) is 38.8 Å². The van der Waals surface area contributed by atoms with Crippen molar-refractivity contribution in [1.82, 2.24) is 14.5 Å². The second kappa shape index (κ2) is 10.9. The molecule has 0 saturated heterocycles. The van der Waals surface area contributed by atoms with Gasteiger partial charge in [0.25, 0.3) is 0 Å². The summed E-state index contributed by atoms with van der Waals surface area (Å²) in [5, 5.41) is 2.90. The highest BCUT2D eigenvalue weighted by molar-refractivity contribution is 7.89. The summed E-state index contributed by atoms with van der Waals surface area (Å²) in [6.07, 6.45) is 0.550. The van der Waals surface area contributed by atoms with Gasteiger partial charge in [-0.05, 0) is 58.7 Å². The summed E-state index contributed by atoms with van der Waals surface area (Å²) in [7, 11) is -2.46. The number of nitrogens with zero attached hydrogens (tertiary/aromatic N) is 2. The van der Waals surface area contributed by atoms with Crippen molar-refractivity contribution in [3.63, 3.8) is 0 Å². The number of amides is 2. The van der Waals surface area contributed by atoms with Gasteiger partial charge in [-0.25, -0.2) is 8.42 Å². The van der Waals surface area contributed by atoms with Crippen molar-refractivity contribution in [2.24, 2.45) is 0 Å². The van der Waals surface area contributed by atoms with Crippen LogP contribution in [0, 0.1) is 6.92 Å². The average Bonchev–Trinajstić information content (AvgIpc) is 2.73. The minimum absolute atomic E-state index is 0.123. The highest BCUT2D eigenvalue weighted by atomic mass is 32.2. The first kappa shape index (κ1) is 26.5. The zero-order chi connectivity index (χ0) is 24.8. The molecule has 0 fully saturated rings. The lowest BCUT2D eigenvalue weighted by Crippen LogP contribution is -2.54. The SMILES string of the molecule is Cc1ccc(S(=O)(=O)N(C)CC(=O)N(CCc2ccccc2)[C@H](C)C(=O)NC(C)(C)C)cc1. The smallest absolute Gasteiger partial charge is 0.243 e. The third-order valence-corrected chi connectivity index (χ3v) is 7.05. The molecule has 8 heteroatoms. The van der Waals surface area contributed by atoms with Crippen LogP contribution in [0.15, 0.2) is 59.5 Å². The van der Waals surface area contributed by atoms with Crippen molar-refractivity contribution in [3.8, 4) is 0 Å². The normalized spacial score (nSPS) is 12.9. The number of benzene rings is 2. The number of sulfonamides is 1. The summed E-state index contributed by atoms with van der Waals surface area (Å²) in [6.45, 7) is 9.08. The molecule has 0 spiro atoms. The Labute approximate surface area is 197 Å². The number of hydrogen-bond donors (Lipinski definition) is 1. The molecule has 0 aliphatic heterocycles. The number of rotatable bonds is 9. The minimum Gasteiger partial charge on any atom is -0.350 e. The highest BCUT2D eigenvalue weighted by Crippen LogP contribution is 2.16. The van der Waals surface area contributed by atoms with E-state index < -0.39 is 27.5 Å². The van der Waals surface area contributed by atoms with Crippen LogP contribution in [0.2, 0.25) is 0 Å². The van der Waals surface area contributed by atoms with Gasteiger partial charge in [-0.1, -0.05) is 48.0 Å². The quantitative estimate of drug-likeness (QED) is 0.607. The Bertz CT molecular complexity index is 1050. The monoisotopic (exact) mass is 473 g/mol. The number of likely N-dealkylation sites (N-methyl/N-ethyl adjacent to an activating group) is 1. The molecule has 180 valence electrons. The molecule has 2 rings (SSSR count). The predicted molar refractivity (Wildman–Crippen MR) is 130 cm³/mol. The van der Waals surface area contributed by atoms with E-state index >= 15 is 0 Å². The van der Waals surface area contributed by atoms with Gasteiger partial charge in [0.15, 0.2) is 0 Å². The molecular weight excluding hydrogens is 438 g/mol. The van der Waals surface area contributed by atoms with E-state index in [4.69, 9.17) is 0 Å². The number of nitrogens with one attached hydrogen (secondary N) is 1. The maximum atomic E-state index is 13.3. The Hall–Kier alpha value is -2.71. The molecule has 0 aromatic heterocycles. The molecule has 1 N–H and O–H groups in total. The molecule has 0 saturated carbocycles. The summed E-state index contributed by atoms with van der Waals surface area (Å²) in [4.78, 5) is 27.6. The first-order valence-electron chi connectivity index (χ1n) is 11.0. The van der Waals surface area contributed by atoms with E-state index in [1.807, 2.05) is 58.0 Å². The second-order valence-corrected chi connectivity index (χ2v) is 11.4. The number of carbonyl (C=O) groups excluding carboxylic acids is 2. The minimum atomic E-state index is -3.84. The van der Waals surface area contributed by atoms with Crippen molar-refractivity contribution >= 4 is 21.8 Å². The topological polar surface area (TPSA) is 86.8 Å². The first-order chi connectivity index (χ1) is 15.3. The van der Waals surface area contributed by atoms with E-state index in [0.29, 0.717) is 13.0 Å². The Morgan fingerprint density at radius 2 is 1.58 bits per heavy atom. The predicted octanol–water partition coefficient (Wildman–Crippen LogP) is 2.99. The van der Waals surface area contributed by atoms with Gasteiger partial charge in [0.05, 0.1) is 11.4 Å². The molecule has 0 bridgehead atoms. The first-order valence-corrected chi connectivity index (χ1v) is 12.4. The summed E-state index contributed by atoms with van der Waals surface area (Å²) < 4.78 is 26.9. The Balaban J connectivity index is 2.22. The van der Waals surface area contributed by atoms with Crippen molar-refractivity contribution in [1.29, 1.82) is 0 Å². The van der Waals surface area contributed by atoms with Crippen molar-refractivity contribution in [2.75, 3.05) is 20.1 Å². The van der Waals surface area contributed by atoms with Gasteiger partial charge in [-0.2, -0.15) is 4.31 Å². The van der Waals surface area contributed by atoms with Gasteiger partial charge in [0, 0.05) is 19.1 Å². The lowest BCUT2D eigenvalue weighted by Gasteiger charge is -2.32. The van der Waals surface area contributed by atoms with Crippen LogP contribution in [0.4, 0.5) is 0 Å². The van der Waals surface area contributed by atoms with Crippen LogP contribution in [0.25, 0.3) is 0 Å². The van der Waals surface area contributed by atoms with E-state index in [0.717, 1.165) is 15.4 Å². The van der Waals surface area contributed by atoms with Crippen molar-refractivity contribution in [3.05, 3.63) is 65.7 Å². The Kier molecular flexibility index (Phi) is 8.80. The summed E-state index contributed by atoms with van der Waals surface area (Å²) in [5.74, 6) is -0.714. The number of hydrogen-bond acceptors (Lipinski definition) is 4. The van der Waals surface area contributed by atoms with Crippen LogP contribution in [-0.2, 0) is 26.0 Å². The van der Waals surface area contributed by atoms with E-state index in [-0.39, 0.29) is 17.3 Å². The fourth-order valence-corrected chi connectivity index (χ4v) is 4.42. The zero-order valence-electron chi connectivity index (χ0n) is 20.3. The molecule has 7 nitrogen and oxygen atoms in total. The molecule has 0 radical (unpaired) electrons. The highest BCUT2D eigenvalue weighted by Gasteiger charge is 2.31. The van der Waals surface area contributed by atoms with Gasteiger partial charge in [-0.15, -0.1) is 0 Å². The molecule has 2 aromatic rings. The summed E-state index contributed by atoms with van der Waals surface area (Å²) in [5.41, 5.74) is 1.52. The van der Waals surface area contributed by atoms with Crippen LogP contribution < -0.4 is 5.32 Å². The van der Waals surface area contributed by atoms with Crippen molar-refractivity contribution < 1.29 is 18.0 Å². The molecule has 33 heavy (non-hydrogen) atoms. The summed E-state index contributed by atoms with van der Waals surface area (Å²) in [6, 6.07) is 15.4. The van der Waals surface area contributed by atoms with Gasteiger partial charge >= 0.3 is 0 Å². The molecule has 0 unspecified atom stereocenters. The fourth-order valence-electron chi connectivity index (χ4n) is 3.30. The van der Waals surface area contributed by atoms with Crippen LogP contribution in [-0.4, -0.2) is 61.2 Å². The fraction of sp³-hybridized carbons (Fsp3) is 0.440. The van der Waals surface area contributed by atoms with E-state index in [2.05, 4.69) is 5.32 Å². The molecule has 1 atom stereocenters. The lowest BCUT2D eigenvalue weighted by molar-refractivity contribution is -0.140. The largest absolute Gasteiger partial charge is 0.350 e. The van der Waals surface area contributed by atoms with E-state index in [9.17, 15) is 18.0 Å².